The fourth-order valence-corrected chi connectivity index (χ4v) is 4.38. The molecule has 2 unspecified atom stereocenters. The van der Waals surface area contributed by atoms with Crippen LogP contribution in [0.3, 0.4) is 0 Å². The number of ether oxygens (including phenoxy) is 1. The zero-order chi connectivity index (χ0) is 14.8. The second kappa shape index (κ2) is 6.18. The summed E-state index contributed by atoms with van der Waals surface area (Å²) in [6.45, 7) is 2.10. The van der Waals surface area contributed by atoms with Gasteiger partial charge < -0.3 is 4.74 Å². The maximum absolute atomic E-state index is 5.93. The number of thiophene rings is 1. The van der Waals surface area contributed by atoms with E-state index < -0.39 is 0 Å². The maximum atomic E-state index is 5.93. The number of hydrazine groups is 1. The Labute approximate surface area is 130 Å². The van der Waals surface area contributed by atoms with Crippen LogP contribution in [0.5, 0.6) is 5.75 Å². The van der Waals surface area contributed by atoms with Gasteiger partial charge in [0.2, 0.25) is 0 Å². The number of aryl methyl sites for hydroxylation is 2. The van der Waals surface area contributed by atoms with E-state index in [1.54, 1.807) is 7.11 Å². The second-order valence-electron chi connectivity index (χ2n) is 5.69. The monoisotopic (exact) mass is 302 g/mol. The Morgan fingerprint density at radius 1 is 1.38 bits per heavy atom. The number of nitrogens with one attached hydrogen (secondary N) is 1. The standard InChI is InChI=1S/C17H22N2OS/c1-11-6-7-15(20-2)14(10-11)17(19-18)13-4-3-5-16-12(13)8-9-21-16/h6-10,13,17,19H,3-5,18H2,1-2H3. The summed E-state index contributed by atoms with van der Waals surface area (Å²) in [5, 5.41) is 2.20. The zero-order valence-electron chi connectivity index (χ0n) is 12.6. The van der Waals surface area contributed by atoms with Crippen molar-refractivity contribution in [2.75, 3.05) is 7.11 Å². The van der Waals surface area contributed by atoms with Gasteiger partial charge in [0.15, 0.2) is 0 Å². The van der Waals surface area contributed by atoms with E-state index in [1.165, 1.54) is 28.8 Å². The van der Waals surface area contributed by atoms with Crippen molar-refractivity contribution in [2.24, 2.45) is 5.84 Å². The topological polar surface area (TPSA) is 47.3 Å². The summed E-state index contributed by atoms with van der Waals surface area (Å²) in [6.07, 6.45) is 3.59. The number of fused-ring (bicyclic) bond motifs is 1. The molecule has 0 aliphatic heterocycles. The highest BCUT2D eigenvalue weighted by Gasteiger charge is 2.30. The van der Waals surface area contributed by atoms with Crippen LogP contribution in [0.1, 0.15) is 46.4 Å². The van der Waals surface area contributed by atoms with Gasteiger partial charge in [0.05, 0.1) is 13.2 Å². The third-order valence-corrected chi connectivity index (χ3v) is 5.40. The van der Waals surface area contributed by atoms with Crippen molar-refractivity contribution in [2.45, 2.75) is 38.1 Å². The van der Waals surface area contributed by atoms with Gasteiger partial charge in [0.25, 0.3) is 0 Å². The van der Waals surface area contributed by atoms with Gasteiger partial charge in [-0.1, -0.05) is 17.7 Å². The van der Waals surface area contributed by atoms with Crippen molar-refractivity contribution in [3.8, 4) is 5.75 Å². The van der Waals surface area contributed by atoms with Gasteiger partial charge in [0, 0.05) is 16.4 Å². The highest BCUT2D eigenvalue weighted by Crippen LogP contribution is 2.44. The lowest BCUT2D eigenvalue weighted by Gasteiger charge is -2.31. The van der Waals surface area contributed by atoms with Crippen molar-refractivity contribution < 1.29 is 4.74 Å². The first-order valence-electron chi connectivity index (χ1n) is 7.41. The quantitative estimate of drug-likeness (QED) is 0.669. The first-order valence-corrected chi connectivity index (χ1v) is 8.29. The molecule has 1 aromatic heterocycles. The summed E-state index contributed by atoms with van der Waals surface area (Å²) < 4.78 is 5.55. The Hall–Kier alpha value is -1.36. The SMILES string of the molecule is COc1ccc(C)cc1C(NN)C1CCCc2sccc21. The normalized spacial score (nSPS) is 19.1. The summed E-state index contributed by atoms with van der Waals surface area (Å²) in [6, 6.07) is 8.65. The van der Waals surface area contributed by atoms with E-state index in [-0.39, 0.29) is 6.04 Å². The molecular formula is C17H22N2OS. The molecule has 112 valence electrons. The van der Waals surface area contributed by atoms with Crippen molar-refractivity contribution in [1.29, 1.82) is 0 Å². The molecule has 1 aliphatic carbocycles. The molecule has 0 fully saturated rings. The van der Waals surface area contributed by atoms with Crippen LogP contribution in [0.15, 0.2) is 29.6 Å². The van der Waals surface area contributed by atoms with E-state index in [4.69, 9.17) is 10.6 Å². The summed E-state index contributed by atoms with van der Waals surface area (Å²) in [4.78, 5) is 1.51. The summed E-state index contributed by atoms with van der Waals surface area (Å²) in [7, 11) is 1.72. The van der Waals surface area contributed by atoms with Gasteiger partial charge in [-0.2, -0.15) is 0 Å². The Balaban J connectivity index is 2.02. The minimum absolute atomic E-state index is 0.0912. The maximum Gasteiger partial charge on any atom is 0.123 e. The average Bonchev–Trinajstić information content (AvgIpc) is 2.97. The predicted octanol–water partition coefficient (Wildman–Crippen LogP) is 3.69. The van der Waals surface area contributed by atoms with E-state index in [2.05, 4.69) is 35.9 Å². The molecule has 4 heteroatoms. The van der Waals surface area contributed by atoms with Crippen LogP contribution in [0.4, 0.5) is 0 Å². The molecule has 21 heavy (non-hydrogen) atoms. The highest BCUT2D eigenvalue weighted by molar-refractivity contribution is 7.10. The smallest absolute Gasteiger partial charge is 0.123 e. The third kappa shape index (κ3) is 2.71. The van der Waals surface area contributed by atoms with Crippen LogP contribution in [0, 0.1) is 6.92 Å². The Kier molecular flexibility index (Phi) is 4.29. The largest absolute Gasteiger partial charge is 0.496 e. The molecule has 1 aliphatic rings. The van der Waals surface area contributed by atoms with Gasteiger partial charge in [-0.25, -0.2) is 0 Å². The lowest BCUT2D eigenvalue weighted by Crippen LogP contribution is -2.34. The Morgan fingerprint density at radius 2 is 2.24 bits per heavy atom. The van der Waals surface area contributed by atoms with Crippen LogP contribution < -0.4 is 16.0 Å². The molecule has 3 rings (SSSR count). The molecule has 1 aromatic carbocycles. The van der Waals surface area contributed by atoms with E-state index in [0.29, 0.717) is 5.92 Å². The molecule has 0 saturated carbocycles. The molecule has 0 spiro atoms. The number of benzene rings is 1. The lowest BCUT2D eigenvalue weighted by atomic mass is 9.79. The number of nitrogens with two attached hydrogens (primary N) is 1. The molecule has 0 amide bonds. The van der Waals surface area contributed by atoms with E-state index in [0.717, 1.165) is 17.7 Å². The van der Waals surface area contributed by atoms with Crippen LogP contribution in [-0.2, 0) is 6.42 Å². The van der Waals surface area contributed by atoms with Crippen LogP contribution >= 0.6 is 11.3 Å². The molecule has 0 bridgehead atoms. The van der Waals surface area contributed by atoms with Gasteiger partial charge in [-0.3, -0.25) is 11.3 Å². The minimum atomic E-state index is 0.0912. The predicted molar refractivity (Wildman–Crippen MR) is 87.8 cm³/mol. The number of methoxy groups -OCH3 is 1. The van der Waals surface area contributed by atoms with E-state index in [1.807, 2.05) is 17.4 Å². The summed E-state index contributed by atoms with van der Waals surface area (Å²) in [5.74, 6) is 7.26. The van der Waals surface area contributed by atoms with Crippen LogP contribution in [0.25, 0.3) is 0 Å². The Morgan fingerprint density at radius 3 is 3.00 bits per heavy atom. The Bertz CT molecular complexity index is 623. The van der Waals surface area contributed by atoms with E-state index in [9.17, 15) is 0 Å². The first-order chi connectivity index (χ1) is 10.2. The molecule has 1 heterocycles. The van der Waals surface area contributed by atoms with Gasteiger partial charge in [0.1, 0.15) is 5.75 Å². The van der Waals surface area contributed by atoms with E-state index >= 15 is 0 Å². The molecule has 2 atom stereocenters. The summed E-state index contributed by atoms with van der Waals surface area (Å²) >= 11 is 1.87. The van der Waals surface area contributed by atoms with Gasteiger partial charge >= 0.3 is 0 Å². The number of rotatable bonds is 4. The van der Waals surface area contributed by atoms with Crippen molar-refractivity contribution in [3.05, 3.63) is 51.2 Å². The molecular weight excluding hydrogens is 280 g/mol. The molecule has 2 aromatic rings. The summed E-state index contributed by atoms with van der Waals surface area (Å²) in [5.41, 5.74) is 6.89. The number of hydrogen-bond donors (Lipinski definition) is 2. The highest BCUT2D eigenvalue weighted by atomic mass is 32.1. The van der Waals surface area contributed by atoms with Crippen LogP contribution in [-0.4, -0.2) is 7.11 Å². The molecule has 3 nitrogen and oxygen atoms in total. The molecule has 0 radical (unpaired) electrons. The minimum Gasteiger partial charge on any atom is -0.496 e. The average molecular weight is 302 g/mol. The third-order valence-electron chi connectivity index (χ3n) is 4.40. The van der Waals surface area contributed by atoms with Crippen molar-refractivity contribution in [1.82, 2.24) is 5.43 Å². The van der Waals surface area contributed by atoms with Crippen molar-refractivity contribution in [3.63, 3.8) is 0 Å². The lowest BCUT2D eigenvalue weighted by molar-refractivity contribution is 0.372. The second-order valence-corrected chi connectivity index (χ2v) is 6.69. The molecule has 3 N–H and O–H groups in total. The fraction of sp³-hybridized carbons (Fsp3) is 0.412. The fourth-order valence-electron chi connectivity index (χ4n) is 3.39. The van der Waals surface area contributed by atoms with Crippen LogP contribution in [0.2, 0.25) is 0 Å². The van der Waals surface area contributed by atoms with Crippen molar-refractivity contribution >= 4 is 11.3 Å². The van der Waals surface area contributed by atoms with Gasteiger partial charge in [-0.05, 0) is 49.3 Å². The zero-order valence-corrected chi connectivity index (χ0v) is 13.4. The number of hydrogen-bond acceptors (Lipinski definition) is 4. The van der Waals surface area contributed by atoms with Gasteiger partial charge in [-0.15, -0.1) is 11.3 Å². The molecule has 0 saturated heterocycles. The first kappa shape index (κ1) is 14.6.